The summed E-state index contributed by atoms with van der Waals surface area (Å²) < 4.78 is 5.36. The fourth-order valence-electron chi connectivity index (χ4n) is 0.616. The van der Waals surface area contributed by atoms with Crippen molar-refractivity contribution in [3.63, 3.8) is 0 Å². The molecule has 0 saturated carbocycles. The van der Waals surface area contributed by atoms with Gasteiger partial charge in [-0.3, -0.25) is 0 Å². The molecule has 0 aliphatic heterocycles. The fraction of sp³-hybridized carbons (Fsp3) is 0.833. The van der Waals surface area contributed by atoms with Crippen molar-refractivity contribution in [1.82, 2.24) is 0 Å². The molecular weight excluding hydrogens is 130 g/mol. The summed E-state index contributed by atoms with van der Waals surface area (Å²) in [6, 6.07) is 0. The van der Waals surface area contributed by atoms with E-state index in [1.807, 2.05) is 26.9 Å². The highest BCUT2D eigenvalue weighted by Gasteiger charge is 2.22. The van der Waals surface area contributed by atoms with Gasteiger partial charge in [0.2, 0.25) is 0 Å². The van der Waals surface area contributed by atoms with E-state index in [0.717, 1.165) is 0 Å². The van der Waals surface area contributed by atoms with Crippen molar-refractivity contribution >= 4 is 8.32 Å². The van der Waals surface area contributed by atoms with Crippen molar-refractivity contribution in [3.8, 4) is 5.69 Å². The molecule has 0 atom stereocenters. The molecule has 0 aliphatic carbocycles. The summed E-state index contributed by atoms with van der Waals surface area (Å²) in [6.07, 6.45) is 0.186. The monoisotopic (exact) mass is 143 g/mol. The maximum absolute atomic E-state index is 8.53. The van der Waals surface area contributed by atoms with Crippen molar-refractivity contribution in [2.45, 2.75) is 33.0 Å². The first-order chi connectivity index (χ1) is 3.98. The molecule has 0 aliphatic rings. The van der Waals surface area contributed by atoms with Crippen LogP contribution in [0.25, 0.3) is 0 Å². The van der Waals surface area contributed by atoms with E-state index in [1.165, 1.54) is 0 Å². The Hall–Kier alpha value is -0.333. The SMILES string of the molecule is CC(C)O[Si](C)(C)C#N. The van der Waals surface area contributed by atoms with E-state index >= 15 is 0 Å². The Balaban J connectivity index is 3.76. The van der Waals surface area contributed by atoms with E-state index < -0.39 is 8.32 Å². The number of hydrogen-bond acceptors (Lipinski definition) is 2. The Morgan fingerprint density at radius 3 is 2.00 bits per heavy atom. The maximum atomic E-state index is 8.53. The normalized spacial score (nSPS) is 11.6. The highest BCUT2D eigenvalue weighted by Crippen LogP contribution is 2.04. The van der Waals surface area contributed by atoms with Gasteiger partial charge >= 0.3 is 0 Å². The van der Waals surface area contributed by atoms with Gasteiger partial charge in [0.15, 0.2) is 0 Å². The van der Waals surface area contributed by atoms with Crippen molar-refractivity contribution in [2.24, 2.45) is 0 Å². The molecule has 0 radical (unpaired) electrons. The highest BCUT2D eigenvalue weighted by atomic mass is 28.4. The molecule has 0 spiro atoms. The summed E-state index contributed by atoms with van der Waals surface area (Å²) in [6.45, 7) is 7.69. The molecule has 0 N–H and O–H groups in total. The van der Waals surface area contributed by atoms with Gasteiger partial charge in [-0.2, -0.15) is 0 Å². The average Bonchev–Trinajstić information content (AvgIpc) is 1.63. The van der Waals surface area contributed by atoms with Crippen LogP contribution in [-0.4, -0.2) is 14.4 Å². The number of nitriles is 1. The highest BCUT2D eigenvalue weighted by molar-refractivity contribution is 6.78. The van der Waals surface area contributed by atoms with Gasteiger partial charge in [-0.25, -0.2) is 5.26 Å². The van der Waals surface area contributed by atoms with E-state index in [2.05, 4.69) is 5.69 Å². The van der Waals surface area contributed by atoms with Gasteiger partial charge < -0.3 is 4.43 Å². The van der Waals surface area contributed by atoms with E-state index in [0.29, 0.717) is 0 Å². The maximum Gasteiger partial charge on any atom is 0.300 e. The molecule has 0 heterocycles. The summed E-state index contributed by atoms with van der Waals surface area (Å²) in [5.74, 6) is 0. The lowest BCUT2D eigenvalue weighted by Gasteiger charge is -2.16. The van der Waals surface area contributed by atoms with Gasteiger partial charge in [-0.05, 0) is 26.9 Å². The Kier molecular flexibility index (Phi) is 2.88. The van der Waals surface area contributed by atoms with Crippen LogP contribution in [0.5, 0.6) is 0 Å². The molecule has 0 bridgehead atoms. The van der Waals surface area contributed by atoms with Crippen molar-refractivity contribution in [3.05, 3.63) is 0 Å². The zero-order chi connectivity index (χ0) is 7.49. The molecular formula is C6H13NOSi. The lowest BCUT2D eigenvalue weighted by molar-refractivity contribution is 0.239. The van der Waals surface area contributed by atoms with Gasteiger partial charge in [0.05, 0.1) is 5.69 Å². The van der Waals surface area contributed by atoms with Crippen LogP contribution in [-0.2, 0) is 4.43 Å². The largest absolute Gasteiger partial charge is 0.402 e. The third-order valence-corrected chi connectivity index (χ3v) is 2.40. The molecule has 52 valence electrons. The summed E-state index contributed by atoms with van der Waals surface area (Å²) >= 11 is 0. The van der Waals surface area contributed by atoms with Crippen LogP contribution in [0.4, 0.5) is 0 Å². The van der Waals surface area contributed by atoms with Crippen molar-refractivity contribution in [2.75, 3.05) is 0 Å². The van der Waals surface area contributed by atoms with Gasteiger partial charge in [-0.15, -0.1) is 0 Å². The van der Waals surface area contributed by atoms with Crippen LogP contribution in [0.3, 0.4) is 0 Å². The standard InChI is InChI=1S/C6H13NOSi/c1-6(2)8-9(3,4)5-7/h6H,1-4H3. The van der Waals surface area contributed by atoms with Crippen LogP contribution in [0.15, 0.2) is 0 Å². The molecule has 3 heteroatoms. The van der Waals surface area contributed by atoms with Crippen LogP contribution in [0.2, 0.25) is 13.1 Å². The second-order valence-electron chi connectivity index (χ2n) is 2.79. The van der Waals surface area contributed by atoms with Crippen LogP contribution in [0.1, 0.15) is 13.8 Å². The second kappa shape index (κ2) is 2.99. The molecule has 0 unspecified atom stereocenters. The van der Waals surface area contributed by atoms with Crippen LogP contribution in [0, 0.1) is 11.0 Å². The van der Waals surface area contributed by atoms with Crippen molar-refractivity contribution < 1.29 is 4.43 Å². The fourth-order valence-corrected chi connectivity index (χ4v) is 1.85. The zero-order valence-corrected chi connectivity index (χ0v) is 7.43. The number of rotatable bonds is 2. The van der Waals surface area contributed by atoms with Crippen molar-refractivity contribution in [1.29, 1.82) is 5.26 Å². The van der Waals surface area contributed by atoms with E-state index in [1.54, 1.807) is 0 Å². The van der Waals surface area contributed by atoms with Crippen LogP contribution >= 0.6 is 0 Å². The summed E-state index contributed by atoms with van der Waals surface area (Å²) in [7, 11) is -1.93. The molecule has 0 aromatic rings. The number of nitrogens with zero attached hydrogens (tertiary/aromatic N) is 1. The predicted octanol–water partition coefficient (Wildman–Crippen LogP) is 1.68. The predicted molar refractivity (Wildman–Crippen MR) is 39.3 cm³/mol. The van der Waals surface area contributed by atoms with E-state index in [4.69, 9.17) is 9.69 Å². The Bertz CT molecular complexity index is 126. The Labute approximate surface area is 57.6 Å². The molecule has 2 nitrogen and oxygen atoms in total. The minimum absolute atomic E-state index is 0.186. The first-order valence-corrected chi connectivity index (χ1v) is 5.98. The zero-order valence-electron chi connectivity index (χ0n) is 6.43. The summed E-state index contributed by atoms with van der Waals surface area (Å²) in [5, 5.41) is 8.53. The minimum Gasteiger partial charge on any atom is -0.402 e. The molecule has 0 rings (SSSR count). The summed E-state index contributed by atoms with van der Waals surface area (Å²) in [4.78, 5) is 0. The van der Waals surface area contributed by atoms with Gasteiger partial charge in [-0.1, -0.05) is 0 Å². The minimum atomic E-state index is -1.93. The topological polar surface area (TPSA) is 33.0 Å². The molecule has 0 saturated heterocycles. The molecule has 0 amide bonds. The Morgan fingerprint density at radius 1 is 1.44 bits per heavy atom. The first kappa shape index (κ1) is 8.67. The second-order valence-corrected chi connectivity index (χ2v) is 6.27. The van der Waals surface area contributed by atoms with Gasteiger partial charge in [0, 0.05) is 6.10 Å². The average molecular weight is 143 g/mol. The van der Waals surface area contributed by atoms with Gasteiger partial charge in [0.25, 0.3) is 8.32 Å². The lowest BCUT2D eigenvalue weighted by Crippen LogP contribution is -2.31. The molecule has 0 aromatic carbocycles. The smallest absolute Gasteiger partial charge is 0.300 e. The first-order valence-electron chi connectivity index (χ1n) is 3.07. The van der Waals surface area contributed by atoms with Crippen LogP contribution < -0.4 is 0 Å². The van der Waals surface area contributed by atoms with E-state index in [9.17, 15) is 0 Å². The Morgan fingerprint density at radius 2 is 1.89 bits per heavy atom. The molecule has 9 heavy (non-hydrogen) atoms. The number of hydrogen-bond donors (Lipinski definition) is 0. The summed E-state index contributed by atoms with van der Waals surface area (Å²) in [5.41, 5.74) is 2.19. The van der Waals surface area contributed by atoms with E-state index in [-0.39, 0.29) is 6.10 Å². The third-order valence-electron chi connectivity index (χ3n) is 0.800. The molecule has 0 aromatic heterocycles. The third kappa shape index (κ3) is 4.19. The quantitative estimate of drug-likeness (QED) is 0.551. The molecule has 0 fully saturated rings. The lowest BCUT2D eigenvalue weighted by atomic mass is 10.5. The van der Waals surface area contributed by atoms with Gasteiger partial charge in [0.1, 0.15) is 0 Å².